The van der Waals surface area contributed by atoms with Crippen molar-refractivity contribution in [1.82, 2.24) is 4.98 Å². The van der Waals surface area contributed by atoms with Gasteiger partial charge in [0.05, 0.1) is 48.4 Å². The number of thiazole rings is 1. The van der Waals surface area contributed by atoms with Gasteiger partial charge in [-0.1, -0.05) is 19.9 Å². The average Bonchev–Trinajstić information content (AvgIpc) is 3.75. The quantitative estimate of drug-likeness (QED) is 0.163. The van der Waals surface area contributed by atoms with Crippen LogP contribution >= 0.6 is 35.3 Å². The molecule has 0 radical (unpaired) electrons. The predicted molar refractivity (Wildman–Crippen MR) is 171 cm³/mol. The number of fused-ring (bicyclic) bond motifs is 9. The zero-order valence-electron chi connectivity index (χ0n) is 24.9. The van der Waals surface area contributed by atoms with E-state index in [-0.39, 0.29) is 59.2 Å². The summed E-state index contributed by atoms with van der Waals surface area (Å²) in [6.45, 7) is 6.84. The number of aromatic amines is 1. The Morgan fingerprint density at radius 2 is 1.80 bits per heavy atom. The Labute approximate surface area is 269 Å². The number of anilines is 1. The fraction of sp³-hybridized carbons (Fsp3) is 0.455. The molecule has 230 valence electrons. The number of benzene rings is 2. The first-order valence-corrected chi connectivity index (χ1v) is 17.2. The molecule has 7 rings (SSSR count). The van der Waals surface area contributed by atoms with Gasteiger partial charge in [-0.2, -0.15) is 0 Å². The van der Waals surface area contributed by atoms with Gasteiger partial charge in [0, 0.05) is 16.0 Å². The van der Waals surface area contributed by atoms with E-state index in [9.17, 15) is 14.4 Å². The van der Waals surface area contributed by atoms with Crippen LogP contribution in [0.1, 0.15) is 53.9 Å². The number of esters is 1. The topological polar surface area (TPSA) is 97.9 Å². The second kappa shape index (κ2) is 11.3. The molecule has 7 unspecified atom stereocenters. The van der Waals surface area contributed by atoms with Crippen LogP contribution in [-0.2, 0) is 14.3 Å². The lowest BCUT2D eigenvalue weighted by molar-refractivity contribution is -0.123. The summed E-state index contributed by atoms with van der Waals surface area (Å²) in [5, 5.41) is 1.24. The molecular formula is C33H34N2O6S3. The van der Waals surface area contributed by atoms with Gasteiger partial charge in [0.2, 0.25) is 11.8 Å². The number of methoxy groups -OCH3 is 1. The van der Waals surface area contributed by atoms with Gasteiger partial charge in [-0.25, -0.2) is 4.79 Å². The molecule has 2 aromatic carbocycles. The molecule has 4 aliphatic rings. The number of hydrogen-bond acceptors (Lipinski definition) is 9. The monoisotopic (exact) mass is 650 g/mol. The summed E-state index contributed by atoms with van der Waals surface area (Å²) >= 11 is 9.00. The molecule has 3 fully saturated rings. The van der Waals surface area contributed by atoms with Crippen LogP contribution in [0.5, 0.6) is 11.5 Å². The van der Waals surface area contributed by atoms with Gasteiger partial charge < -0.3 is 19.2 Å². The maximum absolute atomic E-state index is 14.1. The second-order valence-electron chi connectivity index (χ2n) is 12.4. The minimum absolute atomic E-state index is 0.0130. The number of imide groups is 1. The van der Waals surface area contributed by atoms with Crippen molar-refractivity contribution in [2.24, 2.45) is 35.5 Å². The number of thioether (sulfide) groups is 1. The van der Waals surface area contributed by atoms with Crippen molar-refractivity contribution in [1.29, 1.82) is 0 Å². The number of hydrogen-bond donors (Lipinski definition) is 1. The van der Waals surface area contributed by atoms with Gasteiger partial charge in [0.1, 0.15) is 0 Å². The van der Waals surface area contributed by atoms with E-state index in [0.29, 0.717) is 35.3 Å². The first kappa shape index (κ1) is 29.6. The van der Waals surface area contributed by atoms with E-state index >= 15 is 0 Å². The fourth-order valence-corrected chi connectivity index (χ4v) is 11.2. The lowest BCUT2D eigenvalue weighted by atomic mass is 9.68. The number of H-pyrrole nitrogens is 1. The molecule has 2 aliphatic heterocycles. The van der Waals surface area contributed by atoms with Crippen molar-refractivity contribution >= 4 is 58.8 Å². The summed E-state index contributed by atoms with van der Waals surface area (Å²) in [6.07, 6.45) is 0.851. The van der Waals surface area contributed by atoms with Gasteiger partial charge >= 0.3 is 5.97 Å². The summed E-state index contributed by atoms with van der Waals surface area (Å²) in [6, 6.07) is 12.7. The number of aromatic nitrogens is 1. The molecule has 1 saturated heterocycles. The van der Waals surface area contributed by atoms with Gasteiger partial charge in [-0.15, -0.1) is 23.1 Å². The van der Waals surface area contributed by atoms with E-state index in [1.807, 2.05) is 6.07 Å². The number of nitrogens with one attached hydrogen (secondary N) is 1. The Balaban J connectivity index is 1.23. The number of nitrogens with zero attached hydrogens (tertiary/aromatic N) is 1. The fourth-order valence-electron chi connectivity index (χ4n) is 7.86. The van der Waals surface area contributed by atoms with Crippen molar-refractivity contribution in [3.63, 3.8) is 0 Å². The number of carbonyl (C=O) groups excluding carboxylic acids is 3. The molecular weight excluding hydrogens is 617 g/mol. The van der Waals surface area contributed by atoms with Crippen LogP contribution in [0.2, 0.25) is 0 Å². The first-order valence-electron chi connectivity index (χ1n) is 15.1. The minimum atomic E-state index is -0.428. The van der Waals surface area contributed by atoms with Crippen LogP contribution < -0.4 is 14.4 Å². The van der Waals surface area contributed by atoms with Crippen LogP contribution in [0.25, 0.3) is 0 Å². The van der Waals surface area contributed by atoms with E-state index in [1.54, 1.807) is 61.4 Å². The van der Waals surface area contributed by atoms with E-state index in [1.165, 1.54) is 9.78 Å². The van der Waals surface area contributed by atoms with Crippen molar-refractivity contribution in [3.8, 4) is 11.5 Å². The Bertz CT molecular complexity index is 1700. The first-order chi connectivity index (χ1) is 21.2. The predicted octanol–water partition coefficient (Wildman–Crippen LogP) is 6.70. The number of ether oxygens (including phenoxy) is 3. The summed E-state index contributed by atoms with van der Waals surface area (Å²) in [7, 11) is 1.66. The highest BCUT2D eigenvalue weighted by Crippen LogP contribution is 2.69. The Morgan fingerprint density at radius 1 is 1.07 bits per heavy atom. The molecule has 3 heterocycles. The summed E-state index contributed by atoms with van der Waals surface area (Å²) < 4.78 is 17.7. The average molecular weight is 651 g/mol. The second-order valence-corrected chi connectivity index (χ2v) is 15.3. The Kier molecular flexibility index (Phi) is 7.61. The lowest BCUT2D eigenvalue weighted by Crippen LogP contribution is -2.42. The van der Waals surface area contributed by atoms with E-state index < -0.39 is 5.97 Å². The zero-order valence-corrected chi connectivity index (χ0v) is 27.4. The molecule has 7 atom stereocenters. The molecule has 11 heteroatoms. The molecule has 0 spiro atoms. The number of rotatable bonds is 8. The van der Waals surface area contributed by atoms with Crippen LogP contribution in [0.4, 0.5) is 5.69 Å². The van der Waals surface area contributed by atoms with Crippen LogP contribution in [-0.4, -0.2) is 48.3 Å². The molecule has 2 amide bonds. The minimum Gasteiger partial charge on any atom is -0.493 e. The Morgan fingerprint density at radius 3 is 2.48 bits per heavy atom. The smallest absolute Gasteiger partial charge is 0.338 e. The van der Waals surface area contributed by atoms with E-state index in [2.05, 4.69) is 31.0 Å². The van der Waals surface area contributed by atoms with E-state index in [4.69, 9.17) is 26.4 Å². The number of amides is 2. The third-order valence-electron chi connectivity index (χ3n) is 9.48. The molecule has 2 saturated carbocycles. The normalized spacial score (nSPS) is 28.2. The lowest BCUT2D eigenvalue weighted by Gasteiger charge is -2.43. The summed E-state index contributed by atoms with van der Waals surface area (Å²) in [5.41, 5.74) is 1.99. The standard InChI is InChI=1S/C33H34N2O6S3/c1-5-40-32(38)16-6-9-18(10-7-16)35-30(36)25-19-13-20(26(25)31(35)37)27-24(19)23(28-29(43-27)34-33(42)44-28)17-8-11-21(22(12-17)39-4)41-14-15(2)3/h6-12,15,19-20,23-27H,5,13-14H2,1-4H3,(H,34,42). The molecule has 1 aromatic heterocycles. The van der Waals surface area contributed by atoms with Crippen molar-refractivity contribution in [2.45, 2.75) is 43.4 Å². The Hall–Kier alpha value is -3.15. The molecule has 2 bridgehead atoms. The highest BCUT2D eigenvalue weighted by molar-refractivity contribution is 8.00. The maximum Gasteiger partial charge on any atom is 0.338 e. The van der Waals surface area contributed by atoms with Crippen LogP contribution in [0.3, 0.4) is 0 Å². The van der Waals surface area contributed by atoms with E-state index in [0.717, 1.165) is 21.0 Å². The highest BCUT2D eigenvalue weighted by atomic mass is 32.2. The maximum atomic E-state index is 14.1. The largest absolute Gasteiger partial charge is 0.493 e. The molecule has 8 nitrogen and oxygen atoms in total. The molecule has 1 N–H and O–H groups in total. The van der Waals surface area contributed by atoms with Crippen LogP contribution in [0.15, 0.2) is 47.5 Å². The highest BCUT2D eigenvalue weighted by Gasteiger charge is 2.69. The molecule has 44 heavy (non-hydrogen) atoms. The third-order valence-corrected chi connectivity index (χ3v) is 12.4. The van der Waals surface area contributed by atoms with Gasteiger partial charge in [0.25, 0.3) is 0 Å². The molecule has 3 aromatic rings. The summed E-state index contributed by atoms with van der Waals surface area (Å²) in [5.74, 6) is 0.665. The SMILES string of the molecule is CCOC(=O)c1ccc(N2C(=O)C3C4CC(C3C2=O)C2C(c3ccc(OCC(C)C)c(OC)c3)c3sc(=S)[nH]c3SC42)cc1. The van der Waals surface area contributed by atoms with Crippen LogP contribution in [0, 0.1) is 39.5 Å². The van der Waals surface area contributed by atoms with Gasteiger partial charge in [-0.05, 0) is 91.2 Å². The van der Waals surface area contributed by atoms with Gasteiger partial charge in [0.15, 0.2) is 15.5 Å². The number of carbonyl (C=O) groups is 3. The van der Waals surface area contributed by atoms with Crippen molar-refractivity contribution in [2.75, 3.05) is 25.2 Å². The third kappa shape index (κ3) is 4.61. The molecule has 2 aliphatic carbocycles. The van der Waals surface area contributed by atoms with Crippen molar-refractivity contribution in [3.05, 3.63) is 62.4 Å². The summed E-state index contributed by atoms with van der Waals surface area (Å²) in [4.78, 5) is 46.2. The van der Waals surface area contributed by atoms with Gasteiger partial charge in [-0.3, -0.25) is 14.5 Å². The zero-order chi connectivity index (χ0) is 30.9. The van der Waals surface area contributed by atoms with Crippen molar-refractivity contribution < 1.29 is 28.6 Å².